The van der Waals surface area contributed by atoms with Crippen LogP contribution in [0.4, 0.5) is 0 Å². The van der Waals surface area contributed by atoms with Crippen molar-refractivity contribution >= 4 is 58.8 Å². The van der Waals surface area contributed by atoms with Crippen LogP contribution in [-0.4, -0.2) is 0 Å². The first-order valence-electron chi connectivity index (χ1n) is 1.95. The van der Waals surface area contributed by atoms with Gasteiger partial charge in [-0.2, -0.15) is 0 Å². The lowest BCUT2D eigenvalue weighted by molar-refractivity contribution is 1.61. The molecule has 0 unspecified atom stereocenters. The van der Waals surface area contributed by atoms with E-state index in [4.69, 9.17) is 34.8 Å². The van der Waals surface area contributed by atoms with Gasteiger partial charge in [-0.3, -0.25) is 0 Å². The normalized spacial score (nSPS) is 10.2. The fraction of sp³-hybridized carbons (Fsp3) is 0. The van der Waals surface area contributed by atoms with Crippen molar-refractivity contribution in [1.82, 2.24) is 0 Å². The van der Waals surface area contributed by atoms with Crippen LogP contribution in [0.2, 0.25) is 13.7 Å². The highest BCUT2D eigenvalue weighted by Gasteiger charge is 2.09. The minimum atomic E-state index is 0.440. The molecule has 1 aromatic rings. The minimum Gasteiger partial charge on any atom is -0.139 e. The smallest absolute Gasteiger partial charge is 0.114 e. The van der Waals surface area contributed by atoms with Gasteiger partial charge in [-0.15, -0.1) is 24.0 Å². The Morgan fingerprint density at radius 1 is 1.11 bits per heavy atom. The average Bonchev–Trinajstić information content (AvgIpc) is 1.98. The maximum absolute atomic E-state index is 5.62. The van der Waals surface area contributed by atoms with Crippen LogP contribution >= 0.6 is 58.8 Å². The zero-order valence-corrected chi connectivity index (χ0v) is 7.97. The fourth-order valence-corrected chi connectivity index (χ4v) is 2.37. The maximum Gasteiger partial charge on any atom is 0.114 e. The fourth-order valence-electron chi connectivity index (χ4n) is 0.351. The Morgan fingerprint density at radius 3 is 1.78 bits per heavy atom. The van der Waals surface area contributed by atoms with Crippen molar-refractivity contribution in [2.45, 2.75) is 4.90 Å². The summed E-state index contributed by atoms with van der Waals surface area (Å²) in [6.45, 7) is 0. The third-order valence-electron chi connectivity index (χ3n) is 0.746. The van der Waals surface area contributed by atoms with Crippen LogP contribution in [0, 0.1) is 0 Å². The van der Waals surface area contributed by atoms with Gasteiger partial charge in [0.2, 0.25) is 0 Å². The van der Waals surface area contributed by atoms with Crippen molar-refractivity contribution < 1.29 is 0 Å². The van der Waals surface area contributed by atoms with E-state index < -0.39 is 0 Å². The molecule has 50 valence electrons. The molecule has 9 heavy (non-hydrogen) atoms. The number of hydrogen-bond acceptors (Lipinski definition) is 2. The van der Waals surface area contributed by atoms with Crippen molar-refractivity contribution in [2.24, 2.45) is 0 Å². The highest BCUT2D eigenvalue weighted by Crippen LogP contribution is 2.41. The lowest BCUT2D eigenvalue weighted by Gasteiger charge is -1.82. The predicted molar refractivity (Wildman–Crippen MR) is 46.6 cm³/mol. The molecule has 0 bridgehead atoms. The van der Waals surface area contributed by atoms with E-state index in [1.807, 2.05) is 0 Å². The molecule has 5 heteroatoms. The van der Waals surface area contributed by atoms with Crippen LogP contribution in [0.5, 0.6) is 0 Å². The van der Waals surface area contributed by atoms with E-state index in [9.17, 15) is 0 Å². The molecule has 0 aromatic carbocycles. The lowest BCUT2D eigenvalue weighted by Crippen LogP contribution is -1.55. The van der Waals surface area contributed by atoms with Gasteiger partial charge < -0.3 is 0 Å². The van der Waals surface area contributed by atoms with Gasteiger partial charge >= 0.3 is 0 Å². The molecule has 0 radical (unpaired) electrons. The number of rotatable bonds is 0. The van der Waals surface area contributed by atoms with E-state index in [0.29, 0.717) is 18.6 Å². The summed E-state index contributed by atoms with van der Waals surface area (Å²) in [5, 5.41) is 0.440. The predicted octanol–water partition coefficient (Wildman–Crippen LogP) is 4.00. The Balaban J connectivity index is 3.29. The van der Waals surface area contributed by atoms with E-state index in [0.717, 1.165) is 0 Å². The summed E-state index contributed by atoms with van der Waals surface area (Å²) < 4.78 is 1.03. The Bertz CT molecular complexity index is 207. The molecule has 0 aliphatic rings. The third kappa shape index (κ3) is 1.49. The van der Waals surface area contributed by atoms with Crippen LogP contribution < -0.4 is 0 Å². The molecule has 1 rings (SSSR count). The summed E-state index contributed by atoms with van der Waals surface area (Å²) in [6.07, 6.45) is 0. The van der Waals surface area contributed by atoms with Gasteiger partial charge in [-0.05, 0) is 0 Å². The average molecular weight is 220 g/mol. The first-order valence-corrected chi connectivity index (χ1v) is 4.35. The standard InChI is InChI=1S/C4HCl3S2/c5-1-2(8)4(7)9-3(1)6/h8H. The van der Waals surface area contributed by atoms with E-state index in [1.54, 1.807) is 0 Å². The van der Waals surface area contributed by atoms with Gasteiger partial charge in [0.1, 0.15) is 8.67 Å². The zero-order valence-electron chi connectivity index (χ0n) is 3.99. The van der Waals surface area contributed by atoms with E-state index in [-0.39, 0.29) is 0 Å². The van der Waals surface area contributed by atoms with Crippen molar-refractivity contribution in [3.8, 4) is 0 Å². The number of thiol groups is 1. The highest BCUT2D eigenvalue weighted by atomic mass is 35.5. The second-order valence-corrected chi connectivity index (χ2v) is 4.36. The van der Waals surface area contributed by atoms with E-state index >= 15 is 0 Å². The van der Waals surface area contributed by atoms with Crippen LogP contribution in [0.3, 0.4) is 0 Å². The number of thiophene rings is 1. The first-order chi connectivity index (χ1) is 4.13. The summed E-state index contributed by atoms with van der Waals surface area (Å²) in [6, 6.07) is 0. The van der Waals surface area contributed by atoms with Gasteiger partial charge in [0.05, 0.1) is 9.92 Å². The molecule has 0 nitrogen and oxygen atoms in total. The van der Waals surface area contributed by atoms with Gasteiger partial charge in [-0.1, -0.05) is 34.8 Å². The number of halogens is 3. The molecule has 0 atom stereocenters. The molecule has 0 fully saturated rings. The summed E-state index contributed by atoms with van der Waals surface area (Å²) in [4.78, 5) is 0.563. The topological polar surface area (TPSA) is 0 Å². The van der Waals surface area contributed by atoms with E-state index in [2.05, 4.69) is 12.6 Å². The van der Waals surface area contributed by atoms with Crippen LogP contribution in [0.25, 0.3) is 0 Å². The largest absolute Gasteiger partial charge is 0.139 e. The Labute approximate surface area is 77.1 Å². The van der Waals surface area contributed by atoms with Crippen LogP contribution in [0.1, 0.15) is 0 Å². The highest BCUT2D eigenvalue weighted by molar-refractivity contribution is 7.80. The second-order valence-electron chi connectivity index (χ2n) is 1.31. The van der Waals surface area contributed by atoms with Crippen LogP contribution in [-0.2, 0) is 0 Å². The molecule has 1 heterocycles. The van der Waals surface area contributed by atoms with Gasteiger partial charge in [0, 0.05) is 0 Å². The molecule has 1 aromatic heterocycles. The summed E-state index contributed by atoms with van der Waals surface area (Å²) in [5.74, 6) is 0. The molecule has 0 amide bonds. The van der Waals surface area contributed by atoms with Crippen molar-refractivity contribution in [1.29, 1.82) is 0 Å². The summed E-state index contributed by atoms with van der Waals surface area (Å²) in [5.41, 5.74) is 0. The molecule has 0 N–H and O–H groups in total. The van der Waals surface area contributed by atoms with Gasteiger partial charge in [0.25, 0.3) is 0 Å². The Kier molecular flexibility index (Phi) is 2.57. The number of hydrogen-bond donors (Lipinski definition) is 1. The van der Waals surface area contributed by atoms with Crippen molar-refractivity contribution in [3.05, 3.63) is 13.7 Å². The van der Waals surface area contributed by atoms with E-state index in [1.165, 1.54) is 11.3 Å². The maximum atomic E-state index is 5.62. The van der Waals surface area contributed by atoms with Crippen molar-refractivity contribution in [2.75, 3.05) is 0 Å². The quantitative estimate of drug-likeness (QED) is 0.627. The lowest BCUT2D eigenvalue weighted by atomic mass is 10.6. The summed E-state index contributed by atoms with van der Waals surface area (Å²) in [7, 11) is 0. The monoisotopic (exact) mass is 218 g/mol. The van der Waals surface area contributed by atoms with Crippen molar-refractivity contribution in [3.63, 3.8) is 0 Å². The summed E-state index contributed by atoms with van der Waals surface area (Å²) >= 11 is 22.0. The molecular formula is C4HCl3S2. The molecular weight excluding hydrogens is 219 g/mol. The Morgan fingerprint density at radius 2 is 1.67 bits per heavy atom. The third-order valence-corrected chi connectivity index (χ3v) is 3.80. The van der Waals surface area contributed by atoms with Gasteiger partial charge in [-0.25, -0.2) is 0 Å². The van der Waals surface area contributed by atoms with Gasteiger partial charge in [0.15, 0.2) is 0 Å². The zero-order chi connectivity index (χ0) is 7.02. The molecule has 0 saturated heterocycles. The molecule has 0 aliphatic heterocycles. The minimum absolute atomic E-state index is 0.440. The first kappa shape index (κ1) is 8.02. The molecule has 0 spiro atoms. The van der Waals surface area contributed by atoms with Crippen LogP contribution in [0.15, 0.2) is 4.90 Å². The second kappa shape index (κ2) is 2.89. The Hall–Kier alpha value is 0.920. The SMILES string of the molecule is Sc1c(Cl)sc(Cl)c1Cl. The molecule has 0 saturated carbocycles. The molecule has 0 aliphatic carbocycles.